The third-order valence-electron chi connectivity index (χ3n) is 3.73. The van der Waals surface area contributed by atoms with Gasteiger partial charge in [-0.1, -0.05) is 11.6 Å². The Kier molecular flexibility index (Phi) is 5.90. The number of carbonyl (C=O) groups is 1. The zero-order chi connectivity index (χ0) is 18.5. The normalized spacial score (nSPS) is 12.9. The summed E-state index contributed by atoms with van der Waals surface area (Å²) >= 11 is 5.64. The Morgan fingerprint density at radius 3 is 2.92 bits per heavy atom. The van der Waals surface area contributed by atoms with Gasteiger partial charge in [-0.25, -0.2) is 8.78 Å². The fourth-order valence-corrected chi connectivity index (χ4v) is 2.72. The first kappa shape index (κ1) is 18.4. The zero-order valence-electron chi connectivity index (χ0n) is 13.7. The van der Waals surface area contributed by atoms with Crippen LogP contribution in [0.2, 0.25) is 5.02 Å². The van der Waals surface area contributed by atoms with E-state index in [-0.39, 0.29) is 36.7 Å². The van der Waals surface area contributed by atoms with E-state index >= 15 is 0 Å². The van der Waals surface area contributed by atoms with Crippen molar-refractivity contribution < 1.29 is 27.8 Å². The maximum atomic E-state index is 13.7. The summed E-state index contributed by atoms with van der Waals surface area (Å²) in [4.78, 5) is 11.8. The molecule has 1 heterocycles. The van der Waals surface area contributed by atoms with Gasteiger partial charge in [0.15, 0.2) is 13.4 Å². The molecule has 1 N–H and O–H groups in total. The van der Waals surface area contributed by atoms with Gasteiger partial charge in [-0.15, -0.1) is 0 Å². The van der Waals surface area contributed by atoms with Crippen molar-refractivity contribution in [3.8, 4) is 11.5 Å². The summed E-state index contributed by atoms with van der Waals surface area (Å²) in [5, 5.41) is 2.59. The summed E-state index contributed by atoms with van der Waals surface area (Å²) < 4.78 is 42.5. The van der Waals surface area contributed by atoms with E-state index in [1.54, 1.807) is 0 Å². The van der Waals surface area contributed by atoms with Crippen LogP contribution in [0, 0.1) is 11.6 Å². The molecule has 0 fully saturated rings. The predicted molar refractivity (Wildman–Crippen MR) is 90.3 cm³/mol. The Balaban J connectivity index is 1.49. The number of fused-ring (bicyclic) bond motifs is 1. The molecule has 1 amide bonds. The topological polar surface area (TPSA) is 56.8 Å². The highest BCUT2D eigenvalue weighted by Gasteiger charge is 2.17. The van der Waals surface area contributed by atoms with Crippen molar-refractivity contribution >= 4 is 17.5 Å². The molecule has 8 heteroatoms. The standard InChI is InChI=1S/C18H16ClF2NO4/c19-15-7-14(1-2-16(15)21)25-9-17(23)22-4-3-11-5-13(20)6-12-8-24-10-26-18(11)12/h1-2,5-7H,3-4,8-10H2,(H,22,23). The fraction of sp³-hybridized carbons (Fsp3) is 0.278. The van der Waals surface area contributed by atoms with Crippen LogP contribution >= 0.6 is 11.6 Å². The molecule has 2 aromatic rings. The quantitative estimate of drug-likeness (QED) is 0.832. The van der Waals surface area contributed by atoms with Gasteiger partial charge in [-0.2, -0.15) is 0 Å². The van der Waals surface area contributed by atoms with Gasteiger partial charge < -0.3 is 19.5 Å². The number of benzene rings is 2. The summed E-state index contributed by atoms with van der Waals surface area (Å²) in [5.41, 5.74) is 1.31. The van der Waals surface area contributed by atoms with Gasteiger partial charge >= 0.3 is 0 Å². The van der Waals surface area contributed by atoms with Crippen molar-refractivity contribution in [2.45, 2.75) is 13.0 Å². The lowest BCUT2D eigenvalue weighted by molar-refractivity contribution is -0.123. The highest BCUT2D eigenvalue weighted by Crippen LogP contribution is 2.29. The molecule has 3 rings (SSSR count). The smallest absolute Gasteiger partial charge is 0.257 e. The van der Waals surface area contributed by atoms with E-state index in [4.69, 9.17) is 25.8 Å². The maximum absolute atomic E-state index is 13.7. The molecule has 0 bridgehead atoms. The first-order valence-corrected chi connectivity index (χ1v) is 8.27. The van der Waals surface area contributed by atoms with Gasteiger partial charge in [-0.05, 0) is 36.2 Å². The van der Waals surface area contributed by atoms with Crippen LogP contribution < -0.4 is 14.8 Å². The van der Waals surface area contributed by atoms with E-state index in [2.05, 4.69) is 5.32 Å². The van der Waals surface area contributed by atoms with Crippen LogP contribution in [-0.4, -0.2) is 25.9 Å². The van der Waals surface area contributed by atoms with Crippen LogP contribution in [0.4, 0.5) is 8.78 Å². The number of amides is 1. The molecule has 138 valence electrons. The number of carbonyl (C=O) groups excluding carboxylic acids is 1. The second-order valence-electron chi connectivity index (χ2n) is 5.63. The average Bonchev–Trinajstić information content (AvgIpc) is 2.62. The van der Waals surface area contributed by atoms with E-state index in [0.29, 0.717) is 35.7 Å². The summed E-state index contributed by atoms with van der Waals surface area (Å²) in [7, 11) is 0. The van der Waals surface area contributed by atoms with Crippen LogP contribution in [-0.2, 0) is 22.6 Å². The maximum Gasteiger partial charge on any atom is 0.257 e. The Morgan fingerprint density at radius 1 is 1.27 bits per heavy atom. The average molecular weight is 384 g/mol. The van der Waals surface area contributed by atoms with Crippen molar-refractivity contribution in [3.63, 3.8) is 0 Å². The van der Waals surface area contributed by atoms with Crippen molar-refractivity contribution in [1.29, 1.82) is 0 Å². The van der Waals surface area contributed by atoms with E-state index in [9.17, 15) is 13.6 Å². The van der Waals surface area contributed by atoms with Gasteiger partial charge in [0, 0.05) is 18.2 Å². The number of nitrogens with one attached hydrogen (secondary N) is 1. The Morgan fingerprint density at radius 2 is 2.12 bits per heavy atom. The molecule has 0 aliphatic carbocycles. The lowest BCUT2D eigenvalue weighted by Gasteiger charge is -2.21. The van der Waals surface area contributed by atoms with Gasteiger partial charge in [0.25, 0.3) is 5.91 Å². The SMILES string of the molecule is O=C(COc1ccc(F)c(Cl)c1)NCCc1cc(F)cc2c1OCOC2. The summed E-state index contributed by atoms with van der Waals surface area (Å²) in [6.07, 6.45) is 0.397. The van der Waals surface area contributed by atoms with E-state index in [1.165, 1.54) is 24.3 Å². The number of ether oxygens (including phenoxy) is 3. The molecule has 5 nitrogen and oxygen atoms in total. The van der Waals surface area contributed by atoms with Crippen molar-refractivity contribution in [3.05, 3.63) is 58.1 Å². The molecule has 2 aromatic carbocycles. The van der Waals surface area contributed by atoms with Gasteiger partial charge in [0.2, 0.25) is 0 Å². The molecule has 26 heavy (non-hydrogen) atoms. The van der Waals surface area contributed by atoms with E-state index in [0.717, 1.165) is 6.07 Å². The minimum absolute atomic E-state index is 0.0808. The number of hydrogen-bond acceptors (Lipinski definition) is 4. The van der Waals surface area contributed by atoms with E-state index in [1.807, 2.05) is 0 Å². The highest BCUT2D eigenvalue weighted by molar-refractivity contribution is 6.30. The van der Waals surface area contributed by atoms with Crippen molar-refractivity contribution in [2.75, 3.05) is 19.9 Å². The van der Waals surface area contributed by atoms with Crippen LogP contribution in [0.3, 0.4) is 0 Å². The molecule has 0 aromatic heterocycles. The van der Waals surface area contributed by atoms with Crippen LogP contribution in [0.5, 0.6) is 11.5 Å². The largest absolute Gasteiger partial charge is 0.484 e. The molecular weight excluding hydrogens is 368 g/mol. The molecule has 0 unspecified atom stereocenters. The van der Waals surface area contributed by atoms with Gasteiger partial charge in [0.1, 0.15) is 23.1 Å². The summed E-state index contributed by atoms with van der Waals surface area (Å²) in [5.74, 6) is -0.409. The first-order valence-electron chi connectivity index (χ1n) is 7.89. The molecule has 0 spiro atoms. The molecule has 0 saturated heterocycles. The minimum atomic E-state index is -0.561. The van der Waals surface area contributed by atoms with E-state index < -0.39 is 5.82 Å². The molecule has 1 aliphatic heterocycles. The Labute approximate surface area is 153 Å². The molecule has 0 atom stereocenters. The minimum Gasteiger partial charge on any atom is -0.484 e. The number of rotatable bonds is 6. The third-order valence-corrected chi connectivity index (χ3v) is 4.02. The number of hydrogen-bond donors (Lipinski definition) is 1. The zero-order valence-corrected chi connectivity index (χ0v) is 14.4. The van der Waals surface area contributed by atoms with Gasteiger partial charge in [0.05, 0.1) is 11.6 Å². The van der Waals surface area contributed by atoms with Crippen LogP contribution in [0.25, 0.3) is 0 Å². The first-order chi connectivity index (χ1) is 12.5. The second kappa shape index (κ2) is 8.33. The Bertz CT molecular complexity index is 816. The molecule has 1 aliphatic rings. The predicted octanol–water partition coefficient (Wildman–Crippen LogP) is 3.22. The molecule has 0 saturated carbocycles. The fourth-order valence-electron chi connectivity index (χ4n) is 2.55. The van der Waals surface area contributed by atoms with Gasteiger partial charge in [-0.3, -0.25) is 4.79 Å². The van der Waals surface area contributed by atoms with Crippen molar-refractivity contribution in [2.24, 2.45) is 0 Å². The summed E-state index contributed by atoms with van der Waals surface area (Å²) in [6, 6.07) is 6.59. The summed E-state index contributed by atoms with van der Waals surface area (Å²) in [6.45, 7) is 0.451. The monoisotopic (exact) mass is 383 g/mol. The Hall–Kier alpha value is -2.38. The lowest BCUT2D eigenvalue weighted by Crippen LogP contribution is -2.30. The van der Waals surface area contributed by atoms with Crippen LogP contribution in [0.1, 0.15) is 11.1 Å². The number of halogens is 3. The van der Waals surface area contributed by atoms with Crippen molar-refractivity contribution in [1.82, 2.24) is 5.32 Å². The third kappa shape index (κ3) is 4.62. The second-order valence-corrected chi connectivity index (χ2v) is 6.04. The van der Waals surface area contributed by atoms with Crippen LogP contribution in [0.15, 0.2) is 30.3 Å². The molecular formula is C18H16ClF2NO4. The highest BCUT2D eigenvalue weighted by atomic mass is 35.5. The molecule has 0 radical (unpaired) electrons. The lowest BCUT2D eigenvalue weighted by atomic mass is 10.1.